The topological polar surface area (TPSA) is 48.8 Å². The van der Waals surface area contributed by atoms with Gasteiger partial charge in [0.25, 0.3) is 0 Å². The van der Waals surface area contributed by atoms with Gasteiger partial charge in [0.05, 0.1) is 23.8 Å². The Labute approximate surface area is 118 Å². The molecule has 0 spiro atoms. The summed E-state index contributed by atoms with van der Waals surface area (Å²) >= 11 is 1.58. The monoisotopic (exact) mass is 285 g/mol. The van der Waals surface area contributed by atoms with E-state index in [0.29, 0.717) is 18.7 Å². The number of hydrogen-bond acceptors (Lipinski definition) is 6. The second kappa shape index (κ2) is 6.17. The number of anilines is 1. The maximum atomic E-state index is 9.39. The number of aliphatic hydroxyl groups excluding tert-OH is 1. The standard InChI is InChI=1S/C13H23N3O2S/c1-9-5-16(6-10(2)15(9)3)13-14-11(8-18-4)12(7-17)19-13/h9-10,17H,5-8H2,1-4H3. The number of ether oxygens (including phenoxy) is 1. The number of thiazole rings is 1. The average Bonchev–Trinajstić information content (AvgIpc) is 2.79. The zero-order valence-electron chi connectivity index (χ0n) is 12.1. The highest BCUT2D eigenvalue weighted by Gasteiger charge is 2.28. The van der Waals surface area contributed by atoms with Crippen LogP contribution in [-0.2, 0) is 18.0 Å². The van der Waals surface area contributed by atoms with E-state index in [1.54, 1.807) is 18.4 Å². The summed E-state index contributed by atoms with van der Waals surface area (Å²) in [5.74, 6) is 0. The van der Waals surface area contributed by atoms with Gasteiger partial charge >= 0.3 is 0 Å². The van der Waals surface area contributed by atoms with Gasteiger partial charge in [-0.3, -0.25) is 4.90 Å². The summed E-state index contributed by atoms with van der Waals surface area (Å²) in [5, 5.41) is 10.4. The van der Waals surface area contributed by atoms with Crippen LogP contribution in [0.1, 0.15) is 24.4 Å². The Morgan fingerprint density at radius 1 is 1.37 bits per heavy atom. The number of likely N-dealkylation sites (N-methyl/N-ethyl adjacent to an activating group) is 1. The van der Waals surface area contributed by atoms with Gasteiger partial charge in [-0.1, -0.05) is 11.3 Å². The van der Waals surface area contributed by atoms with Gasteiger partial charge in [0.15, 0.2) is 5.13 Å². The molecule has 1 aliphatic rings. The van der Waals surface area contributed by atoms with E-state index < -0.39 is 0 Å². The van der Waals surface area contributed by atoms with Crippen molar-refractivity contribution in [2.24, 2.45) is 0 Å². The highest BCUT2D eigenvalue weighted by molar-refractivity contribution is 7.15. The van der Waals surface area contributed by atoms with Crippen LogP contribution in [0.4, 0.5) is 5.13 Å². The average molecular weight is 285 g/mol. The van der Waals surface area contributed by atoms with Crippen LogP contribution in [0.15, 0.2) is 0 Å². The Bertz CT molecular complexity index is 412. The lowest BCUT2D eigenvalue weighted by Gasteiger charge is -2.42. The minimum Gasteiger partial charge on any atom is -0.391 e. The second-order valence-electron chi connectivity index (χ2n) is 5.23. The number of piperazine rings is 1. The van der Waals surface area contributed by atoms with Crippen molar-refractivity contribution in [3.8, 4) is 0 Å². The quantitative estimate of drug-likeness (QED) is 0.904. The summed E-state index contributed by atoms with van der Waals surface area (Å²) in [6, 6.07) is 1.02. The predicted molar refractivity (Wildman–Crippen MR) is 77.6 cm³/mol. The summed E-state index contributed by atoms with van der Waals surface area (Å²) < 4.78 is 5.14. The minimum atomic E-state index is 0.0369. The van der Waals surface area contributed by atoms with E-state index in [4.69, 9.17) is 4.74 Å². The van der Waals surface area contributed by atoms with E-state index in [0.717, 1.165) is 28.8 Å². The maximum absolute atomic E-state index is 9.39. The molecule has 2 heterocycles. The number of aromatic nitrogens is 1. The number of methoxy groups -OCH3 is 1. The summed E-state index contributed by atoms with van der Waals surface area (Å²) in [7, 11) is 3.82. The molecule has 0 radical (unpaired) electrons. The molecule has 1 saturated heterocycles. The van der Waals surface area contributed by atoms with Gasteiger partial charge in [0.1, 0.15) is 0 Å². The zero-order chi connectivity index (χ0) is 14.0. The van der Waals surface area contributed by atoms with E-state index in [9.17, 15) is 5.11 Å². The minimum absolute atomic E-state index is 0.0369. The molecule has 6 heteroatoms. The van der Waals surface area contributed by atoms with E-state index in [2.05, 4.69) is 35.7 Å². The molecule has 0 saturated carbocycles. The third-order valence-corrected chi connectivity index (χ3v) is 4.97. The molecule has 108 valence electrons. The Kier molecular flexibility index (Phi) is 4.78. The fraction of sp³-hybridized carbons (Fsp3) is 0.769. The van der Waals surface area contributed by atoms with Crippen molar-refractivity contribution in [2.75, 3.05) is 32.1 Å². The Morgan fingerprint density at radius 2 is 2.00 bits per heavy atom. The number of aliphatic hydroxyl groups is 1. The molecule has 19 heavy (non-hydrogen) atoms. The molecule has 5 nitrogen and oxygen atoms in total. The second-order valence-corrected chi connectivity index (χ2v) is 6.29. The number of hydrogen-bond donors (Lipinski definition) is 1. The first-order valence-electron chi connectivity index (χ1n) is 6.62. The fourth-order valence-electron chi connectivity index (χ4n) is 2.44. The van der Waals surface area contributed by atoms with E-state index >= 15 is 0 Å². The van der Waals surface area contributed by atoms with Crippen LogP contribution >= 0.6 is 11.3 Å². The van der Waals surface area contributed by atoms with Crippen molar-refractivity contribution in [3.63, 3.8) is 0 Å². The highest BCUT2D eigenvalue weighted by atomic mass is 32.1. The molecule has 2 atom stereocenters. The Morgan fingerprint density at radius 3 is 2.53 bits per heavy atom. The van der Waals surface area contributed by atoms with Gasteiger partial charge in [-0.2, -0.15) is 0 Å². The van der Waals surface area contributed by atoms with Crippen molar-refractivity contribution in [1.82, 2.24) is 9.88 Å². The predicted octanol–water partition coefficient (Wildman–Crippen LogP) is 1.31. The van der Waals surface area contributed by atoms with Gasteiger partial charge in [-0.15, -0.1) is 0 Å². The summed E-state index contributed by atoms with van der Waals surface area (Å²) in [6.45, 7) is 6.93. The first-order valence-corrected chi connectivity index (χ1v) is 7.43. The SMILES string of the molecule is COCc1nc(N2CC(C)N(C)C(C)C2)sc1CO. The smallest absolute Gasteiger partial charge is 0.186 e. The van der Waals surface area contributed by atoms with Crippen LogP contribution in [0.2, 0.25) is 0 Å². The molecular weight excluding hydrogens is 262 g/mol. The molecule has 0 amide bonds. The first-order chi connectivity index (χ1) is 9.06. The lowest BCUT2D eigenvalue weighted by Crippen LogP contribution is -2.55. The van der Waals surface area contributed by atoms with E-state index in [1.807, 2.05) is 0 Å². The summed E-state index contributed by atoms with van der Waals surface area (Å²) in [5.41, 5.74) is 0.865. The van der Waals surface area contributed by atoms with Crippen molar-refractivity contribution in [3.05, 3.63) is 10.6 Å². The van der Waals surface area contributed by atoms with Crippen molar-refractivity contribution in [2.45, 2.75) is 39.1 Å². The molecule has 2 unspecified atom stereocenters. The van der Waals surface area contributed by atoms with Crippen LogP contribution in [0.3, 0.4) is 0 Å². The lowest BCUT2D eigenvalue weighted by molar-refractivity contribution is 0.169. The fourth-order valence-corrected chi connectivity index (χ4v) is 3.38. The van der Waals surface area contributed by atoms with Crippen LogP contribution in [0.25, 0.3) is 0 Å². The van der Waals surface area contributed by atoms with Gasteiger partial charge in [0, 0.05) is 32.3 Å². The van der Waals surface area contributed by atoms with Crippen molar-refractivity contribution >= 4 is 16.5 Å². The lowest BCUT2D eigenvalue weighted by atomic mass is 10.1. The molecule has 1 N–H and O–H groups in total. The zero-order valence-corrected chi connectivity index (χ0v) is 12.9. The summed E-state index contributed by atoms with van der Waals surface area (Å²) in [4.78, 5) is 10.3. The largest absolute Gasteiger partial charge is 0.391 e. The van der Waals surface area contributed by atoms with Crippen LogP contribution < -0.4 is 4.90 Å². The van der Waals surface area contributed by atoms with Crippen molar-refractivity contribution < 1.29 is 9.84 Å². The third kappa shape index (κ3) is 3.08. The van der Waals surface area contributed by atoms with Gasteiger partial charge in [-0.05, 0) is 20.9 Å². The molecule has 1 aliphatic heterocycles. The van der Waals surface area contributed by atoms with Crippen LogP contribution in [0.5, 0.6) is 0 Å². The van der Waals surface area contributed by atoms with Crippen LogP contribution in [-0.4, -0.2) is 54.3 Å². The molecule has 0 aliphatic carbocycles. The Balaban J connectivity index is 2.17. The maximum Gasteiger partial charge on any atom is 0.186 e. The molecule has 1 aromatic rings. The van der Waals surface area contributed by atoms with E-state index in [-0.39, 0.29) is 6.61 Å². The third-order valence-electron chi connectivity index (χ3n) is 3.82. The normalized spacial score (nSPS) is 25.0. The van der Waals surface area contributed by atoms with Crippen molar-refractivity contribution in [1.29, 1.82) is 0 Å². The molecule has 2 rings (SSSR count). The number of rotatable bonds is 4. The summed E-state index contributed by atoms with van der Waals surface area (Å²) in [6.07, 6.45) is 0. The van der Waals surface area contributed by atoms with Gasteiger partial charge < -0.3 is 14.7 Å². The van der Waals surface area contributed by atoms with Gasteiger partial charge in [0.2, 0.25) is 0 Å². The number of nitrogens with zero attached hydrogens (tertiary/aromatic N) is 3. The Hall–Kier alpha value is -0.690. The molecule has 1 aromatic heterocycles. The molecule has 0 bridgehead atoms. The van der Waals surface area contributed by atoms with E-state index in [1.165, 1.54) is 0 Å². The van der Waals surface area contributed by atoms with Gasteiger partial charge in [-0.25, -0.2) is 4.98 Å². The molecule has 1 fully saturated rings. The highest BCUT2D eigenvalue weighted by Crippen LogP contribution is 2.29. The first kappa shape index (κ1) is 14.7. The molecular formula is C13H23N3O2S. The molecule has 0 aromatic carbocycles. The van der Waals surface area contributed by atoms with Crippen LogP contribution in [0, 0.1) is 0 Å².